The molecule has 0 spiro atoms. The molecule has 4 nitrogen and oxygen atoms in total. The summed E-state index contributed by atoms with van der Waals surface area (Å²) in [5.74, 6) is -0.551. The third-order valence-corrected chi connectivity index (χ3v) is 4.28. The quantitative estimate of drug-likeness (QED) is 0.654. The van der Waals surface area contributed by atoms with E-state index in [0.717, 1.165) is 22.4 Å². The van der Waals surface area contributed by atoms with Crippen LogP contribution in [0.3, 0.4) is 0 Å². The molecule has 0 saturated carbocycles. The highest BCUT2D eigenvalue weighted by Crippen LogP contribution is 2.27. The SMILES string of the molecule is Cc1ccc(-c2cccc(F)c2COc2ccc(CCC(=O)O)cc2)cn1. The molecule has 27 heavy (non-hydrogen) atoms. The lowest BCUT2D eigenvalue weighted by Crippen LogP contribution is -2.02. The number of benzene rings is 2. The summed E-state index contributed by atoms with van der Waals surface area (Å²) in [6.07, 6.45) is 2.28. The van der Waals surface area contributed by atoms with E-state index in [2.05, 4.69) is 4.98 Å². The van der Waals surface area contributed by atoms with Gasteiger partial charge in [-0.2, -0.15) is 0 Å². The van der Waals surface area contributed by atoms with E-state index in [1.165, 1.54) is 6.07 Å². The van der Waals surface area contributed by atoms with Gasteiger partial charge in [-0.3, -0.25) is 9.78 Å². The maximum Gasteiger partial charge on any atom is 0.303 e. The van der Waals surface area contributed by atoms with Gasteiger partial charge in [0, 0.05) is 29.4 Å². The maximum absolute atomic E-state index is 14.4. The lowest BCUT2D eigenvalue weighted by molar-refractivity contribution is -0.136. The van der Waals surface area contributed by atoms with Crippen LogP contribution in [0.5, 0.6) is 5.75 Å². The van der Waals surface area contributed by atoms with Crippen LogP contribution < -0.4 is 4.74 Å². The van der Waals surface area contributed by atoms with Crippen LogP contribution in [0.4, 0.5) is 4.39 Å². The smallest absolute Gasteiger partial charge is 0.303 e. The fourth-order valence-electron chi connectivity index (χ4n) is 2.76. The summed E-state index contributed by atoms with van der Waals surface area (Å²) in [7, 11) is 0. The Morgan fingerprint density at radius 2 is 1.89 bits per heavy atom. The van der Waals surface area contributed by atoms with Crippen LogP contribution in [0.2, 0.25) is 0 Å². The van der Waals surface area contributed by atoms with Crippen molar-refractivity contribution in [3.05, 3.63) is 83.4 Å². The molecule has 3 rings (SSSR count). The van der Waals surface area contributed by atoms with E-state index < -0.39 is 5.97 Å². The summed E-state index contributed by atoms with van der Waals surface area (Å²) < 4.78 is 20.2. The second-order valence-electron chi connectivity index (χ2n) is 6.28. The number of ether oxygens (including phenoxy) is 1. The Morgan fingerprint density at radius 3 is 2.56 bits per heavy atom. The van der Waals surface area contributed by atoms with Gasteiger partial charge in [-0.1, -0.05) is 30.3 Å². The molecule has 2 aromatic carbocycles. The average Bonchev–Trinajstić information content (AvgIpc) is 2.67. The van der Waals surface area contributed by atoms with Crippen molar-refractivity contribution in [2.24, 2.45) is 0 Å². The topological polar surface area (TPSA) is 59.4 Å². The Kier molecular flexibility index (Phi) is 5.81. The van der Waals surface area contributed by atoms with Gasteiger partial charge in [0.05, 0.1) is 0 Å². The first-order chi connectivity index (χ1) is 13.0. The first kappa shape index (κ1) is 18.6. The molecule has 0 unspecified atom stereocenters. The van der Waals surface area contributed by atoms with Crippen molar-refractivity contribution in [3.63, 3.8) is 0 Å². The monoisotopic (exact) mass is 365 g/mol. The van der Waals surface area contributed by atoms with E-state index >= 15 is 0 Å². The van der Waals surface area contributed by atoms with E-state index in [1.54, 1.807) is 24.4 Å². The normalized spacial score (nSPS) is 10.6. The van der Waals surface area contributed by atoms with Gasteiger partial charge < -0.3 is 9.84 Å². The van der Waals surface area contributed by atoms with Crippen molar-refractivity contribution in [1.29, 1.82) is 0 Å². The fourth-order valence-corrected chi connectivity index (χ4v) is 2.76. The van der Waals surface area contributed by atoms with Gasteiger partial charge in [-0.05, 0) is 48.7 Å². The summed E-state index contributed by atoms with van der Waals surface area (Å²) in [4.78, 5) is 14.9. The molecule has 0 aliphatic carbocycles. The van der Waals surface area contributed by atoms with Crippen molar-refractivity contribution >= 4 is 5.97 Å². The number of carboxylic acid groups (broad SMARTS) is 1. The van der Waals surface area contributed by atoms with Crippen molar-refractivity contribution < 1.29 is 19.0 Å². The molecule has 0 radical (unpaired) electrons. The second kappa shape index (κ2) is 8.45. The van der Waals surface area contributed by atoms with Crippen LogP contribution in [0, 0.1) is 12.7 Å². The third-order valence-electron chi connectivity index (χ3n) is 4.28. The molecule has 1 aromatic heterocycles. The van der Waals surface area contributed by atoms with Crippen LogP contribution >= 0.6 is 0 Å². The van der Waals surface area contributed by atoms with Gasteiger partial charge in [0.1, 0.15) is 18.2 Å². The number of rotatable bonds is 7. The number of halogens is 1. The highest BCUT2D eigenvalue weighted by molar-refractivity contribution is 5.67. The number of aromatic nitrogens is 1. The molecule has 0 aliphatic rings. The number of pyridine rings is 1. The highest BCUT2D eigenvalue weighted by Gasteiger charge is 2.11. The zero-order chi connectivity index (χ0) is 19.2. The zero-order valence-electron chi connectivity index (χ0n) is 15.0. The van der Waals surface area contributed by atoms with Gasteiger partial charge in [-0.15, -0.1) is 0 Å². The Morgan fingerprint density at radius 1 is 1.11 bits per heavy atom. The standard InChI is InChI=1S/C22H20FNO3/c1-15-5-9-17(13-24-15)19-3-2-4-21(23)20(19)14-27-18-10-6-16(7-11-18)8-12-22(25)26/h2-7,9-11,13H,8,12,14H2,1H3,(H,25,26). The van der Waals surface area contributed by atoms with Crippen LogP contribution in [0.15, 0.2) is 60.8 Å². The summed E-state index contributed by atoms with van der Waals surface area (Å²) in [5.41, 5.74) is 3.87. The van der Waals surface area contributed by atoms with E-state index in [0.29, 0.717) is 17.7 Å². The van der Waals surface area contributed by atoms with Crippen molar-refractivity contribution in [2.75, 3.05) is 0 Å². The molecule has 1 heterocycles. The minimum atomic E-state index is -0.826. The Labute approximate surface area is 157 Å². The Hall–Kier alpha value is -3.21. The van der Waals surface area contributed by atoms with Gasteiger partial charge in [0.2, 0.25) is 0 Å². The maximum atomic E-state index is 14.4. The van der Waals surface area contributed by atoms with Crippen LogP contribution in [-0.2, 0) is 17.8 Å². The Bertz CT molecular complexity index is 921. The van der Waals surface area contributed by atoms with E-state index in [-0.39, 0.29) is 18.8 Å². The third kappa shape index (κ3) is 4.91. The number of aryl methyl sites for hydroxylation is 2. The van der Waals surface area contributed by atoms with Crippen molar-refractivity contribution in [2.45, 2.75) is 26.4 Å². The molecule has 0 amide bonds. The number of aliphatic carboxylic acids is 1. The molecule has 0 aliphatic heterocycles. The van der Waals surface area contributed by atoms with Gasteiger partial charge >= 0.3 is 5.97 Å². The number of hydrogen-bond acceptors (Lipinski definition) is 3. The molecule has 3 aromatic rings. The summed E-state index contributed by atoms with van der Waals surface area (Å²) >= 11 is 0. The van der Waals surface area contributed by atoms with Gasteiger partial charge in [0.15, 0.2) is 0 Å². The molecule has 0 saturated heterocycles. The molecule has 0 bridgehead atoms. The molecule has 138 valence electrons. The predicted octanol–water partition coefficient (Wildman–Crippen LogP) is 4.79. The number of nitrogens with zero attached hydrogens (tertiary/aromatic N) is 1. The summed E-state index contributed by atoms with van der Waals surface area (Å²) in [6.45, 7) is 1.99. The highest BCUT2D eigenvalue weighted by atomic mass is 19.1. The molecule has 0 atom stereocenters. The van der Waals surface area contributed by atoms with E-state index in [1.807, 2.05) is 37.3 Å². The van der Waals surface area contributed by atoms with Crippen LogP contribution in [0.1, 0.15) is 23.2 Å². The molecule has 0 fully saturated rings. The number of carboxylic acids is 1. The summed E-state index contributed by atoms with van der Waals surface area (Å²) in [5, 5.41) is 8.74. The number of hydrogen-bond donors (Lipinski definition) is 1. The zero-order valence-corrected chi connectivity index (χ0v) is 15.0. The first-order valence-corrected chi connectivity index (χ1v) is 8.67. The average molecular weight is 365 g/mol. The van der Waals surface area contributed by atoms with E-state index in [4.69, 9.17) is 9.84 Å². The second-order valence-corrected chi connectivity index (χ2v) is 6.28. The molecular formula is C22H20FNO3. The minimum Gasteiger partial charge on any atom is -0.489 e. The number of carbonyl (C=O) groups is 1. The van der Waals surface area contributed by atoms with Crippen LogP contribution in [0.25, 0.3) is 11.1 Å². The molecule has 1 N–H and O–H groups in total. The first-order valence-electron chi connectivity index (χ1n) is 8.67. The van der Waals surface area contributed by atoms with Crippen LogP contribution in [-0.4, -0.2) is 16.1 Å². The Balaban J connectivity index is 1.74. The molecule has 5 heteroatoms. The predicted molar refractivity (Wildman–Crippen MR) is 101 cm³/mol. The minimum absolute atomic E-state index is 0.0867. The fraction of sp³-hybridized carbons (Fsp3) is 0.182. The van der Waals surface area contributed by atoms with E-state index in [9.17, 15) is 9.18 Å². The van der Waals surface area contributed by atoms with Crippen molar-refractivity contribution in [1.82, 2.24) is 4.98 Å². The van der Waals surface area contributed by atoms with Crippen molar-refractivity contribution in [3.8, 4) is 16.9 Å². The summed E-state index contributed by atoms with van der Waals surface area (Å²) in [6, 6.07) is 15.9. The van der Waals surface area contributed by atoms with Gasteiger partial charge in [-0.25, -0.2) is 4.39 Å². The van der Waals surface area contributed by atoms with Gasteiger partial charge in [0.25, 0.3) is 0 Å². The lowest BCUT2D eigenvalue weighted by Gasteiger charge is -2.13. The largest absolute Gasteiger partial charge is 0.489 e. The lowest BCUT2D eigenvalue weighted by atomic mass is 10.0. The molecular weight excluding hydrogens is 345 g/mol.